The van der Waals surface area contributed by atoms with Crippen LogP contribution in [-0.2, 0) is 22.6 Å². The first-order valence-corrected chi connectivity index (χ1v) is 8.40. The van der Waals surface area contributed by atoms with Gasteiger partial charge in [-0.1, -0.05) is 42.5 Å². The van der Waals surface area contributed by atoms with Gasteiger partial charge in [-0.05, 0) is 43.0 Å². The maximum absolute atomic E-state index is 11.2. The van der Waals surface area contributed by atoms with Crippen molar-refractivity contribution in [3.05, 3.63) is 71.8 Å². The number of ether oxygens (including phenoxy) is 3. The van der Waals surface area contributed by atoms with E-state index in [0.717, 1.165) is 29.7 Å². The summed E-state index contributed by atoms with van der Waals surface area (Å²) in [5, 5.41) is 0. The van der Waals surface area contributed by atoms with Gasteiger partial charge in [-0.3, -0.25) is 0 Å². The van der Waals surface area contributed by atoms with Crippen molar-refractivity contribution in [3.8, 4) is 11.5 Å². The molecule has 0 N–H and O–H groups in total. The third-order valence-corrected chi connectivity index (χ3v) is 3.61. The lowest BCUT2D eigenvalue weighted by molar-refractivity contribution is -0.137. The molecule has 2 aromatic carbocycles. The van der Waals surface area contributed by atoms with Gasteiger partial charge in [0, 0.05) is 6.08 Å². The van der Waals surface area contributed by atoms with Crippen molar-refractivity contribution in [2.45, 2.75) is 26.4 Å². The molecular weight excluding hydrogens is 316 g/mol. The molecule has 0 saturated heterocycles. The Morgan fingerprint density at radius 3 is 2.56 bits per heavy atom. The molecule has 2 rings (SSSR count). The van der Waals surface area contributed by atoms with Crippen LogP contribution < -0.4 is 9.47 Å². The summed E-state index contributed by atoms with van der Waals surface area (Å²) in [5.74, 6) is 1.13. The number of carbonyl (C=O) groups excluding carboxylic acids is 1. The standard InChI is InChI=1S/C21H24O4/c1-3-24-21(22)12-8-7-9-17-13-14-19(20(15-17)23-2)25-16-18-10-5-4-6-11-18/h4-6,8,10-15H,3,7,9,16H2,1-2H3/b12-8+. The number of rotatable bonds is 9. The van der Waals surface area contributed by atoms with Gasteiger partial charge in [-0.2, -0.15) is 0 Å². The number of benzene rings is 2. The minimum atomic E-state index is -0.301. The highest BCUT2D eigenvalue weighted by Gasteiger charge is 2.06. The maximum Gasteiger partial charge on any atom is 0.330 e. The van der Waals surface area contributed by atoms with Crippen LogP contribution in [0.1, 0.15) is 24.5 Å². The van der Waals surface area contributed by atoms with Crippen molar-refractivity contribution >= 4 is 5.97 Å². The van der Waals surface area contributed by atoms with Crippen molar-refractivity contribution in [1.29, 1.82) is 0 Å². The molecular formula is C21H24O4. The number of aryl methyl sites for hydroxylation is 1. The van der Waals surface area contributed by atoms with Gasteiger partial charge in [0.05, 0.1) is 13.7 Å². The second-order valence-electron chi connectivity index (χ2n) is 5.45. The molecule has 0 aliphatic carbocycles. The number of hydrogen-bond donors (Lipinski definition) is 0. The molecule has 0 spiro atoms. The van der Waals surface area contributed by atoms with Gasteiger partial charge in [0.1, 0.15) is 6.61 Å². The molecule has 0 aliphatic heterocycles. The molecule has 0 radical (unpaired) electrons. The Balaban J connectivity index is 1.91. The molecule has 25 heavy (non-hydrogen) atoms. The van der Waals surface area contributed by atoms with E-state index >= 15 is 0 Å². The largest absolute Gasteiger partial charge is 0.493 e. The average molecular weight is 340 g/mol. The van der Waals surface area contributed by atoms with Crippen molar-refractivity contribution in [2.24, 2.45) is 0 Å². The van der Waals surface area contributed by atoms with Gasteiger partial charge in [-0.15, -0.1) is 0 Å². The molecule has 0 fully saturated rings. The Morgan fingerprint density at radius 2 is 1.84 bits per heavy atom. The fourth-order valence-corrected chi connectivity index (χ4v) is 2.34. The molecule has 0 heterocycles. The zero-order valence-electron chi connectivity index (χ0n) is 14.7. The lowest BCUT2D eigenvalue weighted by atomic mass is 10.1. The highest BCUT2D eigenvalue weighted by atomic mass is 16.5. The minimum Gasteiger partial charge on any atom is -0.493 e. The van der Waals surface area contributed by atoms with Crippen molar-refractivity contribution in [3.63, 3.8) is 0 Å². The first kappa shape index (κ1) is 18.6. The molecule has 0 unspecified atom stereocenters. The summed E-state index contributed by atoms with van der Waals surface area (Å²) in [6.45, 7) is 2.68. The Bertz CT molecular complexity index is 692. The van der Waals surface area contributed by atoms with Gasteiger partial charge < -0.3 is 14.2 Å². The van der Waals surface area contributed by atoms with Crippen LogP contribution in [0.4, 0.5) is 0 Å². The van der Waals surface area contributed by atoms with E-state index in [-0.39, 0.29) is 5.97 Å². The highest BCUT2D eigenvalue weighted by Crippen LogP contribution is 2.29. The Hall–Kier alpha value is -2.75. The second-order valence-corrected chi connectivity index (χ2v) is 5.45. The van der Waals surface area contributed by atoms with Crippen LogP contribution in [0.5, 0.6) is 11.5 Å². The average Bonchev–Trinajstić information content (AvgIpc) is 2.65. The number of methoxy groups -OCH3 is 1. The summed E-state index contributed by atoms with van der Waals surface area (Å²) in [7, 11) is 1.63. The molecule has 0 bridgehead atoms. The first-order chi connectivity index (χ1) is 12.2. The van der Waals surface area contributed by atoms with Gasteiger partial charge in [0.2, 0.25) is 0 Å². The number of carbonyl (C=O) groups is 1. The fraction of sp³-hybridized carbons (Fsp3) is 0.286. The molecule has 0 aromatic heterocycles. The zero-order valence-corrected chi connectivity index (χ0v) is 14.7. The van der Waals surface area contributed by atoms with Crippen molar-refractivity contribution in [2.75, 3.05) is 13.7 Å². The second kappa shape index (κ2) is 10.2. The van der Waals surface area contributed by atoms with Crippen molar-refractivity contribution < 1.29 is 19.0 Å². The Labute approximate surface area is 149 Å². The van der Waals surface area contributed by atoms with Crippen molar-refractivity contribution in [1.82, 2.24) is 0 Å². The third kappa shape index (κ3) is 6.34. The summed E-state index contributed by atoms with van der Waals surface area (Å²) in [6, 6.07) is 15.9. The summed E-state index contributed by atoms with van der Waals surface area (Å²) >= 11 is 0. The van der Waals surface area contributed by atoms with Crippen LogP contribution in [0, 0.1) is 0 Å². The molecule has 0 aliphatic rings. The van der Waals surface area contributed by atoms with Gasteiger partial charge in [0.15, 0.2) is 11.5 Å². The predicted octanol–water partition coefficient (Wildman–Crippen LogP) is 4.33. The smallest absolute Gasteiger partial charge is 0.330 e. The SMILES string of the molecule is CCOC(=O)/C=C/CCc1ccc(OCc2ccccc2)c(OC)c1. The van der Waals surface area contributed by atoms with E-state index in [9.17, 15) is 4.79 Å². The van der Waals surface area contributed by atoms with E-state index in [1.165, 1.54) is 6.08 Å². The number of esters is 1. The fourth-order valence-electron chi connectivity index (χ4n) is 2.34. The van der Waals surface area contributed by atoms with E-state index in [1.54, 1.807) is 14.0 Å². The zero-order chi connectivity index (χ0) is 17.9. The quantitative estimate of drug-likeness (QED) is 0.503. The summed E-state index contributed by atoms with van der Waals surface area (Å²) in [6.07, 6.45) is 4.86. The predicted molar refractivity (Wildman–Crippen MR) is 97.9 cm³/mol. The van der Waals surface area contributed by atoms with E-state index in [0.29, 0.717) is 19.0 Å². The first-order valence-electron chi connectivity index (χ1n) is 8.40. The summed E-state index contributed by atoms with van der Waals surface area (Å²) in [5.41, 5.74) is 2.23. The monoisotopic (exact) mass is 340 g/mol. The topological polar surface area (TPSA) is 44.8 Å². The number of allylic oxidation sites excluding steroid dienone is 1. The number of hydrogen-bond acceptors (Lipinski definition) is 4. The van der Waals surface area contributed by atoms with Crippen LogP contribution in [-0.4, -0.2) is 19.7 Å². The third-order valence-electron chi connectivity index (χ3n) is 3.61. The molecule has 0 amide bonds. The lowest BCUT2D eigenvalue weighted by Gasteiger charge is -2.12. The van der Waals surface area contributed by atoms with Crippen LogP contribution in [0.3, 0.4) is 0 Å². The Morgan fingerprint density at radius 1 is 1.04 bits per heavy atom. The van der Waals surface area contributed by atoms with Crippen LogP contribution in [0.15, 0.2) is 60.7 Å². The van der Waals surface area contributed by atoms with E-state index in [1.807, 2.05) is 54.6 Å². The minimum absolute atomic E-state index is 0.301. The van der Waals surface area contributed by atoms with E-state index in [2.05, 4.69) is 0 Å². The molecule has 0 saturated carbocycles. The van der Waals surface area contributed by atoms with Gasteiger partial charge >= 0.3 is 5.97 Å². The summed E-state index contributed by atoms with van der Waals surface area (Å²) in [4.78, 5) is 11.2. The molecule has 0 atom stereocenters. The normalized spacial score (nSPS) is 10.6. The van der Waals surface area contributed by atoms with E-state index < -0.39 is 0 Å². The molecule has 4 nitrogen and oxygen atoms in total. The van der Waals surface area contributed by atoms with Gasteiger partial charge in [0.25, 0.3) is 0 Å². The van der Waals surface area contributed by atoms with Crippen LogP contribution in [0.25, 0.3) is 0 Å². The lowest BCUT2D eigenvalue weighted by Crippen LogP contribution is -1.99. The Kier molecular flexibility index (Phi) is 7.57. The van der Waals surface area contributed by atoms with Crippen LogP contribution in [0.2, 0.25) is 0 Å². The highest BCUT2D eigenvalue weighted by molar-refractivity contribution is 5.81. The molecule has 4 heteroatoms. The summed E-state index contributed by atoms with van der Waals surface area (Å²) < 4.78 is 16.1. The molecule has 2 aromatic rings. The molecule has 132 valence electrons. The van der Waals surface area contributed by atoms with Crippen LogP contribution >= 0.6 is 0 Å². The van der Waals surface area contributed by atoms with Gasteiger partial charge in [-0.25, -0.2) is 4.79 Å². The maximum atomic E-state index is 11.2. The van der Waals surface area contributed by atoms with E-state index in [4.69, 9.17) is 14.2 Å².